The zero-order chi connectivity index (χ0) is 20.4. The minimum Gasteiger partial charge on any atom is -0.338 e. The van der Waals surface area contributed by atoms with E-state index in [-0.39, 0.29) is 5.91 Å². The van der Waals surface area contributed by atoms with Crippen LogP contribution in [0.4, 0.5) is 11.4 Å². The molecule has 0 unspecified atom stereocenters. The molecular weight excluding hydrogens is 370 g/mol. The number of likely N-dealkylation sites (tertiary alicyclic amines) is 1. The molecule has 3 aromatic carbocycles. The summed E-state index contributed by atoms with van der Waals surface area (Å²) >= 11 is 0. The largest absolute Gasteiger partial charge is 0.338 e. The van der Waals surface area contributed by atoms with Crippen molar-refractivity contribution in [1.82, 2.24) is 4.90 Å². The molecule has 0 saturated carbocycles. The van der Waals surface area contributed by atoms with Gasteiger partial charge in [0.05, 0.1) is 6.67 Å². The van der Waals surface area contributed by atoms with Crippen LogP contribution in [-0.4, -0.2) is 36.1 Å². The first-order valence-electron chi connectivity index (χ1n) is 10.7. The Hall–Kier alpha value is -3.11. The van der Waals surface area contributed by atoms with Gasteiger partial charge in [-0.1, -0.05) is 66.7 Å². The summed E-state index contributed by atoms with van der Waals surface area (Å²) in [6.07, 6.45) is 1.69. The van der Waals surface area contributed by atoms with Crippen LogP contribution in [0.3, 0.4) is 0 Å². The van der Waals surface area contributed by atoms with Crippen molar-refractivity contribution in [3.8, 4) is 0 Å². The first kappa shape index (κ1) is 18.9. The molecule has 2 aliphatic heterocycles. The van der Waals surface area contributed by atoms with Gasteiger partial charge in [-0.2, -0.15) is 0 Å². The van der Waals surface area contributed by atoms with Gasteiger partial charge >= 0.3 is 0 Å². The van der Waals surface area contributed by atoms with Crippen LogP contribution in [0.2, 0.25) is 0 Å². The smallest absolute Gasteiger partial charge is 0.254 e. The second kappa shape index (κ2) is 7.96. The third kappa shape index (κ3) is 3.37. The Morgan fingerprint density at radius 2 is 1.23 bits per heavy atom. The fourth-order valence-electron chi connectivity index (χ4n) is 4.86. The number of nitrogens with zero attached hydrogens (tertiary/aromatic N) is 3. The number of rotatable bonds is 4. The lowest BCUT2D eigenvalue weighted by Gasteiger charge is -2.43. The number of piperidine rings is 1. The number of amides is 1. The molecule has 0 atom stereocenters. The molecule has 4 heteroatoms. The van der Waals surface area contributed by atoms with Crippen LogP contribution in [0.1, 0.15) is 18.4 Å². The Balaban J connectivity index is 1.42. The SMILES string of the molecule is O=C1N(c2ccccc2)CN(c2ccccc2)C12CCN(Cc1ccccc1)CC2. The van der Waals surface area contributed by atoms with Crippen LogP contribution in [0, 0.1) is 0 Å². The number of hydrogen-bond donors (Lipinski definition) is 0. The van der Waals surface area contributed by atoms with Gasteiger partial charge in [-0.25, -0.2) is 0 Å². The normalized spacial score (nSPS) is 18.9. The molecule has 0 aliphatic carbocycles. The molecular formula is C26H27N3O. The van der Waals surface area contributed by atoms with Gasteiger partial charge in [0.1, 0.15) is 5.54 Å². The summed E-state index contributed by atoms with van der Waals surface area (Å²) in [5.41, 5.74) is 2.97. The summed E-state index contributed by atoms with van der Waals surface area (Å²) in [5.74, 6) is 0.233. The van der Waals surface area contributed by atoms with Crippen LogP contribution in [0.25, 0.3) is 0 Å². The van der Waals surface area contributed by atoms with E-state index in [4.69, 9.17) is 0 Å². The molecule has 30 heavy (non-hydrogen) atoms. The molecule has 2 aliphatic rings. The lowest BCUT2D eigenvalue weighted by molar-refractivity contribution is -0.123. The van der Waals surface area contributed by atoms with Crippen molar-refractivity contribution in [2.45, 2.75) is 24.9 Å². The first-order chi connectivity index (χ1) is 14.8. The quantitative estimate of drug-likeness (QED) is 0.647. The van der Waals surface area contributed by atoms with Gasteiger partial charge in [0.25, 0.3) is 5.91 Å². The number of benzene rings is 3. The minimum absolute atomic E-state index is 0.233. The molecule has 0 radical (unpaired) electrons. The molecule has 2 heterocycles. The predicted octanol–water partition coefficient (Wildman–Crippen LogP) is 4.53. The molecule has 0 bridgehead atoms. The first-order valence-corrected chi connectivity index (χ1v) is 10.7. The molecule has 0 aromatic heterocycles. The van der Waals surface area contributed by atoms with Crippen molar-refractivity contribution in [1.29, 1.82) is 0 Å². The highest BCUT2D eigenvalue weighted by Gasteiger charge is 2.54. The zero-order valence-corrected chi connectivity index (χ0v) is 17.2. The van der Waals surface area contributed by atoms with E-state index in [9.17, 15) is 4.79 Å². The van der Waals surface area contributed by atoms with Crippen molar-refractivity contribution in [3.63, 3.8) is 0 Å². The van der Waals surface area contributed by atoms with E-state index < -0.39 is 5.54 Å². The van der Waals surface area contributed by atoms with Gasteiger partial charge in [0.2, 0.25) is 0 Å². The maximum atomic E-state index is 13.8. The Morgan fingerprint density at radius 1 is 0.700 bits per heavy atom. The Kier molecular flexibility index (Phi) is 5.01. The molecule has 3 aromatic rings. The molecule has 1 amide bonds. The lowest BCUT2D eigenvalue weighted by atomic mass is 9.85. The van der Waals surface area contributed by atoms with E-state index in [0.717, 1.165) is 43.9 Å². The second-order valence-electron chi connectivity index (χ2n) is 8.27. The Bertz CT molecular complexity index is 983. The van der Waals surface area contributed by atoms with Crippen molar-refractivity contribution < 1.29 is 4.79 Å². The summed E-state index contributed by atoms with van der Waals surface area (Å²) in [7, 11) is 0. The van der Waals surface area contributed by atoms with Gasteiger partial charge in [0.15, 0.2) is 0 Å². The van der Waals surface area contributed by atoms with E-state index in [1.165, 1.54) is 5.56 Å². The molecule has 1 spiro atoms. The highest BCUT2D eigenvalue weighted by atomic mass is 16.2. The molecule has 2 saturated heterocycles. The predicted molar refractivity (Wildman–Crippen MR) is 121 cm³/mol. The molecule has 5 rings (SSSR count). The van der Waals surface area contributed by atoms with Gasteiger partial charge < -0.3 is 4.90 Å². The highest BCUT2D eigenvalue weighted by Crippen LogP contribution is 2.41. The molecule has 2 fully saturated rings. The van der Waals surface area contributed by atoms with Crippen LogP contribution >= 0.6 is 0 Å². The number of para-hydroxylation sites is 2. The van der Waals surface area contributed by atoms with Crippen molar-refractivity contribution in [2.75, 3.05) is 29.6 Å². The van der Waals surface area contributed by atoms with Crippen LogP contribution in [0.5, 0.6) is 0 Å². The number of anilines is 2. The van der Waals surface area contributed by atoms with Gasteiger partial charge in [-0.05, 0) is 42.7 Å². The number of hydrogen-bond acceptors (Lipinski definition) is 3. The van der Waals surface area contributed by atoms with E-state index in [1.807, 2.05) is 41.3 Å². The molecule has 4 nitrogen and oxygen atoms in total. The summed E-state index contributed by atoms with van der Waals surface area (Å²) in [4.78, 5) is 20.6. The lowest BCUT2D eigenvalue weighted by Crippen LogP contribution is -2.56. The van der Waals surface area contributed by atoms with Gasteiger partial charge in [0, 0.05) is 31.0 Å². The van der Waals surface area contributed by atoms with Crippen molar-refractivity contribution in [3.05, 3.63) is 96.6 Å². The summed E-state index contributed by atoms with van der Waals surface area (Å²) in [6, 6.07) is 31.1. The summed E-state index contributed by atoms with van der Waals surface area (Å²) < 4.78 is 0. The van der Waals surface area contributed by atoms with Gasteiger partial charge in [-0.3, -0.25) is 14.6 Å². The van der Waals surface area contributed by atoms with Crippen LogP contribution in [0.15, 0.2) is 91.0 Å². The third-order valence-electron chi connectivity index (χ3n) is 6.51. The summed E-state index contributed by atoms with van der Waals surface area (Å²) in [5, 5.41) is 0. The average molecular weight is 398 g/mol. The number of carbonyl (C=O) groups excluding carboxylic acids is 1. The third-order valence-corrected chi connectivity index (χ3v) is 6.51. The fourth-order valence-corrected chi connectivity index (χ4v) is 4.86. The molecule has 152 valence electrons. The van der Waals surface area contributed by atoms with E-state index in [0.29, 0.717) is 6.67 Å². The summed E-state index contributed by atoms with van der Waals surface area (Å²) in [6.45, 7) is 3.39. The van der Waals surface area contributed by atoms with E-state index >= 15 is 0 Å². The number of carbonyl (C=O) groups is 1. The molecule has 0 N–H and O–H groups in total. The standard InChI is InChI=1S/C26H27N3O/c30-25-26(16-18-27(19-17-26)20-22-10-4-1-5-11-22)29(24-14-8-3-9-15-24)21-28(25)23-12-6-2-7-13-23/h1-15H,16-21H2. The maximum absolute atomic E-state index is 13.8. The minimum atomic E-state index is -0.468. The average Bonchev–Trinajstić information content (AvgIpc) is 3.09. The van der Waals surface area contributed by atoms with Crippen LogP contribution in [-0.2, 0) is 11.3 Å². The Labute approximate surface area is 178 Å². The maximum Gasteiger partial charge on any atom is 0.254 e. The van der Waals surface area contributed by atoms with Crippen molar-refractivity contribution in [2.24, 2.45) is 0 Å². The fraction of sp³-hybridized carbons (Fsp3) is 0.269. The zero-order valence-electron chi connectivity index (χ0n) is 17.2. The van der Waals surface area contributed by atoms with E-state index in [1.54, 1.807) is 0 Å². The second-order valence-corrected chi connectivity index (χ2v) is 8.27. The monoisotopic (exact) mass is 397 g/mol. The topological polar surface area (TPSA) is 26.8 Å². The van der Waals surface area contributed by atoms with Gasteiger partial charge in [-0.15, -0.1) is 0 Å². The highest BCUT2D eigenvalue weighted by molar-refractivity contribution is 6.06. The van der Waals surface area contributed by atoms with Crippen LogP contribution < -0.4 is 9.80 Å². The Morgan fingerprint density at radius 3 is 1.83 bits per heavy atom. The van der Waals surface area contributed by atoms with E-state index in [2.05, 4.69) is 64.4 Å². The van der Waals surface area contributed by atoms with Crippen molar-refractivity contribution >= 4 is 17.3 Å².